The molecule has 1 aliphatic rings. The zero-order valence-corrected chi connectivity index (χ0v) is 12.0. The van der Waals surface area contributed by atoms with Gasteiger partial charge in [0, 0.05) is 24.2 Å². The first-order valence-corrected chi connectivity index (χ1v) is 6.66. The lowest BCUT2D eigenvalue weighted by atomic mass is 10.0. The first kappa shape index (κ1) is 14.3. The van der Waals surface area contributed by atoms with E-state index in [0.717, 1.165) is 43.2 Å². The van der Waals surface area contributed by atoms with Gasteiger partial charge in [0.1, 0.15) is 5.75 Å². The summed E-state index contributed by atoms with van der Waals surface area (Å²) in [5.41, 5.74) is 2.06. The third kappa shape index (κ3) is 3.26. The third-order valence-electron chi connectivity index (χ3n) is 3.71. The minimum atomic E-state index is 0.0263. The molecule has 19 heavy (non-hydrogen) atoms. The standard InChI is InChI=1S/C15H23NO3/c1-15(2)11-19-7-6-16(15)9-13-8-12(10-17)4-5-14(13)18-3/h4-5,8,17H,6-7,9-11H2,1-3H3. The Morgan fingerprint density at radius 2 is 2.21 bits per heavy atom. The number of aliphatic hydroxyl groups excluding tert-OH is 1. The highest BCUT2D eigenvalue weighted by atomic mass is 16.5. The predicted molar refractivity (Wildman–Crippen MR) is 74.2 cm³/mol. The molecule has 1 aromatic carbocycles. The molecule has 0 bridgehead atoms. The van der Waals surface area contributed by atoms with Crippen molar-refractivity contribution in [3.8, 4) is 5.75 Å². The normalized spacial score (nSPS) is 19.4. The van der Waals surface area contributed by atoms with Crippen LogP contribution in [-0.4, -0.2) is 42.4 Å². The van der Waals surface area contributed by atoms with Crippen LogP contribution in [0.25, 0.3) is 0 Å². The number of rotatable bonds is 4. The molecule has 0 saturated carbocycles. The van der Waals surface area contributed by atoms with E-state index in [4.69, 9.17) is 9.47 Å². The van der Waals surface area contributed by atoms with E-state index in [1.807, 2.05) is 18.2 Å². The molecule has 0 unspecified atom stereocenters. The highest BCUT2D eigenvalue weighted by molar-refractivity contribution is 5.37. The molecule has 1 aromatic rings. The fraction of sp³-hybridized carbons (Fsp3) is 0.600. The number of nitrogens with zero attached hydrogens (tertiary/aromatic N) is 1. The second kappa shape index (κ2) is 5.90. The molecular weight excluding hydrogens is 242 g/mol. The van der Waals surface area contributed by atoms with Crippen LogP contribution >= 0.6 is 0 Å². The monoisotopic (exact) mass is 265 g/mol. The second-order valence-corrected chi connectivity index (χ2v) is 5.59. The topological polar surface area (TPSA) is 41.9 Å². The zero-order valence-electron chi connectivity index (χ0n) is 12.0. The van der Waals surface area contributed by atoms with Crippen LogP contribution in [0.15, 0.2) is 18.2 Å². The average molecular weight is 265 g/mol. The zero-order chi connectivity index (χ0) is 13.9. The highest BCUT2D eigenvalue weighted by Gasteiger charge is 2.30. The smallest absolute Gasteiger partial charge is 0.123 e. The van der Waals surface area contributed by atoms with Gasteiger partial charge in [0.2, 0.25) is 0 Å². The van der Waals surface area contributed by atoms with Crippen LogP contribution in [0.3, 0.4) is 0 Å². The maximum Gasteiger partial charge on any atom is 0.123 e. The van der Waals surface area contributed by atoms with E-state index in [1.54, 1.807) is 7.11 Å². The molecule has 2 rings (SSSR count). The van der Waals surface area contributed by atoms with Crippen molar-refractivity contribution >= 4 is 0 Å². The Balaban J connectivity index is 2.21. The number of ether oxygens (including phenoxy) is 2. The maximum absolute atomic E-state index is 9.26. The summed E-state index contributed by atoms with van der Waals surface area (Å²) in [5, 5.41) is 9.26. The molecule has 1 saturated heterocycles. The molecule has 1 aliphatic heterocycles. The van der Waals surface area contributed by atoms with Gasteiger partial charge < -0.3 is 14.6 Å². The Bertz CT molecular complexity index is 431. The van der Waals surface area contributed by atoms with Gasteiger partial charge >= 0.3 is 0 Å². The lowest BCUT2D eigenvalue weighted by Crippen LogP contribution is -2.52. The van der Waals surface area contributed by atoms with Gasteiger partial charge in [-0.05, 0) is 31.5 Å². The van der Waals surface area contributed by atoms with Crippen LogP contribution in [0.5, 0.6) is 5.75 Å². The van der Waals surface area contributed by atoms with Crippen molar-refractivity contribution in [1.82, 2.24) is 4.90 Å². The summed E-state index contributed by atoms with van der Waals surface area (Å²) in [6.45, 7) is 7.68. The van der Waals surface area contributed by atoms with Crippen LogP contribution < -0.4 is 4.74 Å². The van der Waals surface area contributed by atoms with Crippen molar-refractivity contribution in [1.29, 1.82) is 0 Å². The molecule has 1 N–H and O–H groups in total. The van der Waals surface area contributed by atoms with Crippen molar-refractivity contribution in [2.75, 3.05) is 26.9 Å². The number of benzene rings is 1. The van der Waals surface area contributed by atoms with Gasteiger partial charge in [0.05, 0.1) is 26.9 Å². The summed E-state index contributed by atoms with van der Waals surface area (Å²) in [4.78, 5) is 2.40. The van der Waals surface area contributed by atoms with Crippen molar-refractivity contribution in [2.45, 2.75) is 32.5 Å². The number of aliphatic hydroxyl groups is 1. The Kier molecular flexibility index (Phi) is 4.45. The molecule has 0 amide bonds. The number of morpholine rings is 1. The fourth-order valence-corrected chi connectivity index (χ4v) is 2.44. The molecule has 4 nitrogen and oxygen atoms in total. The van der Waals surface area contributed by atoms with Crippen molar-refractivity contribution in [3.05, 3.63) is 29.3 Å². The highest BCUT2D eigenvalue weighted by Crippen LogP contribution is 2.27. The quantitative estimate of drug-likeness (QED) is 0.901. The van der Waals surface area contributed by atoms with Crippen LogP contribution in [0.2, 0.25) is 0 Å². The molecule has 1 heterocycles. The largest absolute Gasteiger partial charge is 0.496 e. The van der Waals surface area contributed by atoms with Gasteiger partial charge in [-0.2, -0.15) is 0 Å². The van der Waals surface area contributed by atoms with Crippen LogP contribution in [0, 0.1) is 0 Å². The predicted octanol–water partition coefficient (Wildman–Crippen LogP) is 1.80. The van der Waals surface area contributed by atoms with Gasteiger partial charge in [-0.15, -0.1) is 0 Å². The van der Waals surface area contributed by atoms with E-state index in [1.165, 1.54) is 0 Å². The SMILES string of the molecule is COc1ccc(CO)cc1CN1CCOCC1(C)C. The summed E-state index contributed by atoms with van der Waals surface area (Å²) in [6.07, 6.45) is 0. The summed E-state index contributed by atoms with van der Waals surface area (Å²) >= 11 is 0. The maximum atomic E-state index is 9.26. The molecular formula is C15H23NO3. The van der Waals surface area contributed by atoms with E-state index in [0.29, 0.717) is 0 Å². The van der Waals surface area contributed by atoms with Crippen molar-refractivity contribution in [3.63, 3.8) is 0 Å². The second-order valence-electron chi connectivity index (χ2n) is 5.59. The summed E-state index contributed by atoms with van der Waals surface area (Å²) in [5.74, 6) is 0.875. The lowest BCUT2D eigenvalue weighted by molar-refractivity contribution is -0.0555. The van der Waals surface area contributed by atoms with E-state index in [-0.39, 0.29) is 12.1 Å². The molecule has 0 aliphatic carbocycles. The van der Waals surface area contributed by atoms with Crippen molar-refractivity contribution in [2.24, 2.45) is 0 Å². The Morgan fingerprint density at radius 1 is 1.42 bits per heavy atom. The van der Waals surface area contributed by atoms with Crippen LogP contribution in [0.4, 0.5) is 0 Å². The summed E-state index contributed by atoms with van der Waals surface area (Å²) in [7, 11) is 1.68. The molecule has 0 spiro atoms. The minimum Gasteiger partial charge on any atom is -0.496 e. The summed E-state index contributed by atoms with van der Waals surface area (Å²) < 4.78 is 11.0. The van der Waals surface area contributed by atoms with E-state index in [2.05, 4.69) is 18.7 Å². The average Bonchev–Trinajstić information content (AvgIpc) is 2.41. The Hall–Kier alpha value is -1.10. The number of hydrogen-bond acceptors (Lipinski definition) is 4. The minimum absolute atomic E-state index is 0.0263. The lowest BCUT2D eigenvalue weighted by Gasteiger charge is -2.42. The van der Waals surface area contributed by atoms with E-state index in [9.17, 15) is 5.11 Å². The number of hydrogen-bond donors (Lipinski definition) is 1. The van der Waals surface area contributed by atoms with Gasteiger partial charge in [0.25, 0.3) is 0 Å². The first-order chi connectivity index (χ1) is 9.06. The van der Waals surface area contributed by atoms with Crippen molar-refractivity contribution < 1.29 is 14.6 Å². The van der Waals surface area contributed by atoms with Gasteiger partial charge in [-0.1, -0.05) is 6.07 Å². The van der Waals surface area contributed by atoms with Gasteiger partial charge in [0.15, 0.2) is 0 Å². The first-order valence-electron chi connectivity index (χ1n) is 6.66. The van der Waals surface area contributed by atoms with Crippen LogP contribution in [-0.2, 0) is 17.9 Å². The van der Waals surface area contributed by atoms with Gasteiger partial charge in [-0.25, -0.2) is 0 Å². The molecule has 4 heteroatoms. The van der Waals surface area contributed by atoms with E-state index < -0.39 is 0 Å². The molecule has 0 atom stereocenters. The van der Waals surface area contributed by atoms with Crippen LogP contribution in [0.1, 0.15) is 25.0 Å². The third-order valence-corrected chi connectivity index (χ3v) is 3.71. The number of methoxy groups -OCH3 is 1. The molecule has 0 radical (unpaired) electrons. The molecule has 106 valence electrons. The van der Waals surface area contributed by atoms with E-state index >= 15 is 0 Å². The molecule has 0 aromatic heterocycles. The Morgan fingerprint density at radius 3 is 2.84 bits per heavy atom. The summed E-state index contributed by atoms with van der Waals surface area (Å²) in [6, 6.07) is 5.84. The molecule has 1 fully saturated rings. The van der Waals surface area contributed by atoms with Gasteiger partial charge in [-0.3, -0.25) is 4.90 Å². The Labute approximate surface area is 114 Å². The fourth-order valence-electron chi connectivity index (χ4n) is 2.44.